The summed E-state index contributed by atoms with van der Waals surface area (Å²) < 4.78 is 5.79. The molecule has 0 aliphatic rings. The lowest BCUT2D eigenvalue weighted by atomic mass is 10.1. The number of benzene rings is 2. The molecule has 0 saturated heterocycles. The summed E-state index contributed by atoms with van der Waals surface area (Å²) in [5, 5.41) is 9.78. The first kappa shape index (κ1) is 15.6. The third kappa shape index (κ3) is 3.75. The molecule has 0 amide bonds. The standard InChI is InChI=1S/C17H12ClNO3S/c18-13-8-6-11(7-9-13)15-16(12-4-2-1-3-5-12)22-17(19-15)23-10-14(20)21/h1-9H,10H2,(H,20,21). The summed E-state index contributed by atoms with van der Waals surface area (Å²) in [5.41, 5.74) is 2.41. The van der Waals surface area contributed by atoms with Gasteiger partial charge in [0.1, 0.15) is 11.4 Å². The van der Waals surface area contributed by atoms with Crippen LogP contribution in [0.2, 0.25) is 5.02 Å². The highest BCUT2D eigenvalue weighted by molar-refractivity contribution is 7.99. The number of carbonyl (C=O) groups is 1. The van der Waals surface area contributed by atoms with Crippen molar-refractivity contribution in [2.45, 2.75) is 5.22 Å². The zero-order valence-electron chi connectivity index (χ0n) is 11.9. The smallest absolute Gasteiger partial charge is 0.314 e. The van der Waals surface area contributed by atoms with Crippen LogP contribution in [-0.2, 0) is 4.79 Å². The molecule has 0 fully saturated rings. The van der Waals surface area contributed by atoms with Gasteiger partial charge in [-0.25, -0.2) is 4.98 Å². The van der Waals surface area contributed by atoms with Gasteiger partial charge in [-0.2, -0.15) is 0 Å². The zero-order chi connectivity index (χ0) is 16.2. The van der Waals surface area contributed by atoms with Gasteiger partial charge in [0.05, 0.1) is 0 Å². The van der Waals surface area contributed by atoms with Crippen LogP contribution in [0.1, 0.15) is 0 Å². The normalized spacial score (nSPS) is 10.7. The molecule has 3 rings (SSSR count). The molecule has 1 heterocycles. The van der Waals surface area contributed by atoms with Crippen LogP contribution in [0.15, 0.2) is 64.2 Å². The third-order valence-electron chi connectivity index (χ3n) is 3.08. The number of nitrogens with zero attached hydrogens (tertiary/aromatic N) is 1. The number of hydrogen-bond acceptors (Lipinski definition) is 4. The Balaban J connectivity index is 2.05. The topological polar surface area (TPSA) is 63.3 Å². The molecule has 0 aliphatic carbocycles. The monoisotopic (exact) mass is 345 g/mol. The highest BCUT2D eigenvalue weighted by atomic mass is 35.5. The van der Waals surface area contributed by atoms with Gasteiger partial charge in [0, 0.05) is 16.1 Å². The molecule has 0 unspecified atom stereocenters. The van der Waals surface area contributed by atoms with E-state index in [1.807, 2.05) is 42.5 Å². The van der Waals surface area contributed by atoms with E-state index in [4.69, 9.17) is 21.1 Å². The fourth-order valence-electron chi connectivity index (χ4n) is 2.07. The molecule has 0 bridgehead atoms. The van der Waals surface area contributed by atoms with E-state index >= 15 is 0 Å². The van der Waals surface area contributed by atoms with Crippen molar-refractivity contribution in [3.05, 3.63) is 59.6 Å². The van der Waals surface area contributed by atoms with E-state index in [9.17, 15) is 4.79 Å². The molecule has 4 nitrogen and oxygen atoms in total. The third-order valence-corrected chi connectivity index (χ3v) is 4.15. The van der Waals surface area contributed by atoms with Crippen molar-refractivity contribution in [1.29, 1.82) is 0 Å². The van der Waals surface area contributed by atoms with Gasteiger partial charge in [0.2, 0.25) is 0 Å². The van der Waals surface area contributed by atoms with Gasteiger partial charge < -0.3 is 9.52 Å². The molecular weight excluding hydrogens is 334 g/mol. The van der Waals surface area contributed by atoms with Crippen LogP contribution in [0.4, 0.5) is 0 Å². The molecule has 0 atom stereocenters. The molecular formula is C17H12ClNO3S. The highest BCUT2D eigenvalue weighted by Gasteiger charge is 2.17. The summed E-state index contributed by atoms with van der Waals surface area (Å²) in [7, 11) is 0. The second-order valence-corrected chi connectivity index (χ2v) is 6.08. The minimum absolute atomic E-state index is 0.102. The maximum absolute atomic E-state index is 10.7. The highest BCUT2D eigenvalue weighted by Crippen LogP contribution is 2.35. The fraction of sp³-hybridized carbons (Fsp3) is 0.0588. The van der Waals surface area contributed by atoms with E-state index in [1.165, 1.54) is 0 Å². The first-order chi connectivity index (χ1) is 11.1. The average molecular weight is 346 g/mol. The van der Waals surface area contributed by atoms with E-state index in [0.29, 0.717) is 21.7 Å². The summed E-state index contributed by atoms with van der Waals surface area (Å²) in [6.45, 7) is 0. The SMILES string of the molecule is O=C(O)CSc1nc(-c2ccc(Cl)cc2)c(-c2ccccc2)o1. The Labute approximate surface area is 142 Å². The number of aliphatic carboxylic acids is 1. The molecule has 0 radical (unpaired) electrons. The van der Waals surface area contributed by atoms with E-state index < -0.39 is 5.97 Å². The summed E-state index contributed by atoms with van der Waals surface area (Å²) in [6.07, 6.45) is 0. The van der Waals surface area contributed by atoms with E-state index in [-0.39, 0.29) is 5.75 Å². The summed E-state index contributed by atoms with van der Waals surface area (Å²) in [6, 6.07) is 16.9. The zero-order valence-corrected chi connectivity index (χ0v) is 13.5. The molecule has 6 heteroatoms. The molecule has 3 aromatic rings. The van der Waals surface area contributed by atoms with Gasteiger partial charge in [-0.15, -0.1) is 0 Å². The van der Waals surface area contributed by atoms with Gasteiger partial charge in [-0.3, -0.25) is 4.79 Å². The van der Waals surface area contributed by atoms with Crippen LogP contribution in [0.3, 0.4) is 0 Å². The van der Waals surface area contributed by atoms with E-state index in [0.717, 1.165) is 22.9 Å². The Hall–Kier alpha value is -2.24. The van der Waals surface area contributed by atoms with Crippen LogP contribution in [0, 0.1) is 0 Å². The fourth-order valence-corrected chi connectivity index (χ4v) is 2.75. The van der Waals surface area contributed by atoms with Gasteiger partial charge in [-0.05, 0) is 12.1 Å². The van der Waals surface area contributed by atoms with Crippen molar-refractivity contribution in [2.24, 2.45) is 0 Å². The number of thioether (sulfide) groups is 1. The number of oxazole rings is 1. The first-order valence-electron chi connectivity index (χ1n) is 6.80. The average Bonchev–Trinajstić information content (AvgIpc) is 2.99. The molecule has 0 spiro atoms. The molecule has 0 aliphatic heterocycles. The van der Waals surface area contributed by atoms with Gasteiger partial charge >= 0.3 is 5.97 Å². The van der Waals surface area contributed by atoms with Crippen molar-refractivity contribution in [3.8, 4) is 22.6 Å². The summed E-state index contributed by atoms with van der Waals surface area (Å²) in [5.74, 6) is -0.405. The molecule has 116 valence electrons. The number of rotatable bonds is 5. The van der Waals surface area contributed by atoms with Crippen molar-refractivity contribution in [1.82, 2.24) is 4.98 Å². The van der Waals surface area contributed by atoms with E-state index in [2.05, 4.69) is 4.98 Å². The Kier molecular flexibility index (Phi) is 4.69. The predicted molar refractivity (Wildman–Crippen MR) is 90.7 cm³/mol. The molecule has 1 N–H and O–H groups in total. The van der Waals surface area contributed by atoms with Gasteiger partial charge in [0.15, 0.2) is 5.76 Å². The Morgan fingerprint density at radius 2 is 1.78 bits per heavy atom. The van der Waals surface area contributed by atoms with Crippen molar-refractivity contribution in [3.63, 3.8) is 0 Å². The van der Waals surface area contributed by atoms with Crippen LogP contribution in [0.25, 0.3) is 22.6 Å². The van der Waals surface area contributed by atoms with Crippen molar-refractivity contribution >= 4 is 29.3 Å². The molecule has 1 aromatic heterocycles. The van der Waals surface area contributed by atoms with Crippen molar-refractivity contribution < 1.29 is 14.3 Å². The van der Waals surface area contributed by atoms with Crippen LogP contribution in [-0.4, -0.2) is 21.8 Å². The lowest BCUT2D eigenvalue weighted by molar-refractivity contribution is -0.133. The lowest BCUT2D eigenvalue weighted by Crippen LogP contribution is -1.97. The quantitative estimate of drug-likeness (QED) is 0.670. The predicted octanol–water partition coefficient (Wildman–Crippen LogP) is 4.84. The molecule has 0 saturated carbocycles. The molecule has 2 aromatic carbocycles. The number of carboxylic acid groups (broad SMARTS) is 1. The number of halogens is 1. The minimum Gasteiger partial charge on any atom is -0.481 e. The minimum atomic E-state index is -0.914. The second-order valence-electron chi connectivity index (χ2n) is 4.71. The largest absolute Gasteiger partial charge is 0.481 e. The molecule has 23 heavy (non-hydrogen) atoms. The van der Waals surface area contributed by atoms with Crippen LogP contribution >= 0.6 is 23.4 Å². The number of hydrogen-bond donors (Lipinski definition) is 1. The van der Waals surface area contributed by atoms with Crippen molar-refractivity contribution in [2.75, 3.05) is 5.75 Å². The van der Waals surface area contributed by atoms with Crippen LogP contribution < -0.4 is 0 Å². The summed E-state index contributed by atoms with van der Waals surface area (Å²) >= 11 is 6.99. The first-order valence-corrected chi connectivity index (χ1v) is 8.16. The Bertz CT molecular complexity index is 816. The maximum atomic E-state index is 10.7. The van der Waals surface area contributed by atoms with E-state index in [1.54, 1.807) is 12.1 Å². The van der Waals surface area contributed by atoms with Gasteiger partial charge in [-0.1, -0.05) is 65.8 Å². The Morgan fingerprint density at radius 3 is 2.43 bits per heavy atom. The lowest BCUT2D eigenvalue weighted by Gasteiger charge is -2.01. The maximum Gasteiger partial charge on any atom is 0.314 e. The number of aromatic nitrogens is 1. The summed E-state index contributed by atoms with van der Waals surface area (Å²) in [4.78, 5) is 15.2. The second kappa shape index (κ2) is 6.89. The number of carboxylic acids is 1. The Morgan fingerprint density at radius 1 is 1.09 bits per heavy atom. The van der Waals surface area contributed by atoms with Gasteiger partial charge in [0.25, 0.3) is 5.22 Å². The van der Waals surface area contributed by atoms with Crippen LogP contribution in [0.5, 0.6) is 0 Å².